The van der Waals surface area contributed by atoms with Crippen LogP contribution in [0.1, 0.15) is 24.0 Å². The van der Waals surface area contributed by atoms with Crippen molar-refractivity contribution < 1.29 is 4.74 Å². The molecule has 0 spiro atoms. The minimum atomic E-state index is 0.355. The van der Waals surface area contributed by atoms with Crippen LogP contribution < -0.4 is 4.90 Å². The lowest BCUT2D eigenvalue weighted by Gasteiger charge is -2.37. The molecule has 0 bridgehead atoms. The number of nitrogens with zero attached hydrogens (tertiary/aromatic N) is 3. The number of amidine groups is 1. The fraction of sp³-hybridized carbons (Fsp3) is 0.381. The summed E-state index contributed by atoms with van der Waals surface area (Å²) in [6, 6.07) is 19.2. The van der Waals surface area contributed by atoms with E-state index in [1.807, 2.05) is 6.07 Å². The maximum Gasteiger partial charge on any atom is 0.137 e. The van der Waals surface area contributed by atoms with Crippen molar-refractivity contribution in [2.75, 3.05) is 31.4 Å². The SMILES string of the molecule is Cc1ccc(N2CN(CC3CCCO3)CN=C2c2ccccc2)cc1. The first kappa shape index (κ1) is 16.3. The predicted octanol–water partition coefficient (Wildman–Crippen LogP) is 3.66. The van der Waals surface area contributed by atoms with Crippen molar-refractivity contribution in [3.05, 3.63) is 65.7 Å². The molecule has 1 saturated heterocycles. The highest BCUT2D eigenvalue weighted by Crippen LogP contribution is 2.23. The number of anilines is 1. The first-order chi connectivity index (χ1) is 12.3. The molecule has 0 aromatic heterocycles. The summed E-state index contributed by atoms with van der Waals surface area (Å²) in [5, 5.41) is 0. The normalized spacial score (nSPS) is 21.4. The molecular formula is C21H25N3O. The number of rotatable bonds is 4. The smallest absolute Gasteiger partial charge is 0.137 e. The fourth-order valence-corrected chi connectivity index (χ4v) is 3.52. The van der Waals surface area contributed by atoms with Gasteiger partial charge in [-0.2, -0.15) is 0 Å². The average Bonchev–Trinajstić information content (AvgIpc) is 3.16. The zero-order valence-electron chi connectivity index (χ0n) is 14.8. The first-order valence-electron chi connectivity index (χ1n) is 9.07. The van der Waals surface area contributed by atoms with E-state index in [-0.39, 0.29) is 0 Å². The summed E-state index contributed by atoms with van der Waals surface area (Å²) in [5.74, 6) is 1.05. The van der Waals surface area contributed by atoms with E-state index in [1.54, 1.807) is 0 Å². The Kier molecular flexibility index (Phi) is 4.81. The quantitative estimate of drug-likeness (QED) is 0.853. The minimum absolute atomic E-state index is 0.355. The molecule has 0 radical (unpaired) electrons. The van der Waals surface area contributed by atoms with Crippen LogP contribution in [0.4, 0.5) is 5.69 Å². The summed E-state index contributed by atoms with van der Waals surface area (Å²) < 4.78 is 5.82. The van der Waals surface area contributed by atoms with E-state index in [2.05, 4.69) is 65.3 Å². The second-order valence-corrected chi connectivity index (χ2v) is 6.88. The lowest BCUT2D eigenvalue weighted by Crippen LogP contribution is -2.48. The molecule has 4 nitrogen and oxygen atoms in total. The van der Waals surface area contributed by atoms with Crippen molar-refractivity contribution in [2.24, 2.45) is 4.99 Å². The van der Waals surface area contributed by atoms with Crippen LogP contribution in [0.25, 0.3) is 0 Å². The van der Waals surface area contributed by atoms with E-state index in [0.717, 1.165) is 38.7 Å². The van der Waals surface area contributed by atoms with E-state index >= 15 is 0 Å². The molecule has 1 fully saturated rings. The monoisotopic (exact) mass is 335 g/mol. The molecule has 0 saturated carbocycles. The van der Waals surface area contributed by atoms with Gasteiger partial charge in [0, 0.05) is 24.4 Å². The molecule has 0 N–H and O–H groups in total. The van der Waals surface area contributed by atoms with Gasteiger partial charge in [-0.05, 0) is 31.9 Å². The molecule has 4 rings (SSSR count). The molecular weight excluding hydrogens is 310 g/mol. The average molecular weight is 335 g/mol. The van der Waals surface area contributed by atoms with Crippen LogP contribution in [0.2, 0.25) is 0 Å². The molecule has 0 amide bonds. The molecule has 130 valence electrons. The van der Waals surface area contributed by atoms with Crippen molar-refractivity contribution in [1.82, 2.24) is 4.90 Å². The van der Waals surface area contributed by atoms with E-state index in [4.69, 9.17) is 9.73 Å². The fourth-order valence-electron chi connectivity index (χ4n) is 3.52. The third kappa shape index (κ3) is 3.75. The zero-order valence-corrected chi connectivity index (χ0v) is 14.8. The highest BCUT2D eigenvalue weighted by Gasteiger charge is 2.26. The molecule has 1 atom stereocenters. The number of hydrogen-bond acceptors (Lipinski definition) is 4. The molecule has 2 aliphatic heterocycles. The Morgan fingerprint density at radius 2 is 1.88 bits per heavy atom. The second-order valence-electron chi connectivity index (χ2n) is 6.88. The summed E-state index contributed by atoms with van der Waals surface area (Å²) >= 11 is 0. The van der Waals surface area contributed by atoms with E-state index in [9.17, 15) is 0 Å². The molecule has 1 unspecified atom stereocenters. The Morgan fingerprint density at radius 1 is 1.08 bits per heavy atom. The second kappa shape index (κ2) is 7.38. The van der Waals surface area contributed by atoms with Gasteiger partial charge < -0.3 is 9.64 Å². The summed E-state index contributed by atoms with van der Waals surface area (Å²) in [4.78, 5) is 9.61. The minimum Gasteiger partial charge on any atom is -0.377 e. The number of aliphatic imine (C=N–C) groups is 1. The van der Waals surface area contributed by atoms with Crippen LogP contribution in [-0.4, -0.2) is 43.3 Å². The van der Waals surface area contributed by atoms with Crippen LogP contribution >= 0.6 is 0 Å². The van der Waals surface area contributed by atoms with Gasteiger partial charge in [-0.3, -0.25) is 9.89 Å². The van der Waals surface area contributed by atoms with Crippen molar-refractivity contribution in [2.45, 2.75) is 25.9 Å². The molecule has 2 aromatic rings. The Morgan fingerprint density at radius 3 is 2.60 bits per heavy atom. The standard InChI is InChI=1S/C21H25N3O/c1-17-9-11-19(12-10-17)24-16-23(14-20-8-5-13-25-20)15-22-21(24)18-6-3-2-4-7-18/h2-4,6-7,9-12,20H,5,8,13-16H2,1H3. The van der Waals surface area contributed by atoms with E-state index in [0.29, 0.717) is 6.10 Å². The van der Waals surface area contributed by atoms with Gasteiger partial charge in [-0.25, -0.2) is 0 Å². The van der Waals surface area contributed by atoms with Crippen LogP contribution in [0.15, 0.2) is 59.6 Å². The van der Waals surface area contributed by atoms with Crippen molar-refractivity contribution in [3.8, 4) is 0 Å². The zero-order chi connectivity index (χ0) is 17.1. The molecule has 4 heteroatoms. The van der Waals surface area contributed by atoms with Crippen molar-refractivity contribution in [3.63, 3.8) is 0 Å². The van der Waals surface area contributed by atoms with E-state index < -0.39 is 0 Å². The predicted molar refractivity (Wildman–Crippen MR) is 102 cm³/mol. The molecule has 2 heterocycles. The summed E-state index contributed by atoms with van der Waals surface area (Å²) in [7, 11) is 0. The third-order valence-electron chi connectivity index (χ3n) is 4.88. The molecule has 25 heavy (non-hydrogen) atoms. The largest absolute Gasteiger partial charge is 0.377 e. The summed E-state index contributed by atoms with van der Waals surface area (Å²) in [6.45, 7) is 5.55. The van der Waals surface area contributed by atoms with Crippen LogP contribution in [0, 0.1) is 6.92 Å². The Bertz CT molecular complexity index is 721. The number of benzene rings is 2. The maximum absolute atomic E-state index is 5.82. The van der Waals surface area contributed by atoms with Gasteiger partial charge in [-0.1, -0.05) is 48.0 Å². The van der Waals surface area contributed by atoms with Gasteiger partial charge in [0.05, 0.1) is 19.4 Å². The topological polar surface area (TPSA) is 28.1 Å². The Hall–Kier alpha value is -2.17. The Balaban J connectivity index is 1.61. The van der Waals surface area contributed by atoms with Gasteiger partial charge in [0.1, 0.15) is 5.84 Å². The van der Waals surface area contributed by atoms with Crippen molar-refractivity contribution in [1.29, 1.82) is 0 Å². The number of aryl methyl sites for hydroxylation is 1. The van der Waals surface area contributed by atoms with Gasteiger partial charge in [-0.15, -0.1) is 0 Å². The molecule has 2 aliphatic rings. The van der Waals surface area contributed by atoms with Crippen LogP contribution in [0.3, 0.4) is 0 Å². The highest BCUT2D eigenvalue weighted by molar-refractivity contribution is 6.10. The Labute approximate surface area is 149 Å². The number of hydrogen-bond donors (Lipinski definition) is 0. The van der Waals surface area contributed by atoms with Gasteiger partial charge in [0.15, 0.2) is 0 Å². The third-order valence-corrected chi connectivity index (χ3v) is 4.88. The van der Waals surface area contributed by atoms with Gasteiger partial charge >= 0.3 is 0 Å². The summed E-state index contributed by atoms with van der Waals surface area (Å²) in [5.41, 5.74) is 3.63. The van der Waals surface area contributed by atoms with Gasteiger partial charge in [0.25, 0.3) is 0 Å². The lowest BCUT2D eigenvalue weighted by atomic mass is 10.1. The first-order valence-corrected chi connectivity index (χ1v) is 9.07. The molecule has 0 aliphatic carbocycles. The number of ether oxygens (including phenoxy) is 1. The van der Waals surface area contributed by atoms with E-state index in [1.165, 1.54) is 23.2 Å². The van der Waals surface area contributed by atoms with Gasteiger partial charge in [0.2, 0.25) is 0 Å². The lowest BCUT2D eigenvalue weighted by molar-refractivity contribution is 0.0739. The van der Waals surface area contributed by atoms with Crippen LogP contribution in [-0.2, 0) is 4.74 Å². The highest BCUT2D eigenvalue weighted by atomic mass is 16.5. The molecule has 2 aromatic carbocycles. The van der Waals surface area contributed by atoms with Crippen LogP contribution in [0.5, 0.6) is 0 Å². The summed E-state index contributed by atoms with van der Waals surface area (Å²) in [6.07, 6.45) is 2.70. The van der Waals surface area contributed by atoms with Crippen molar-refractivity contribution >= 4 is 11.5 Å². The maximum atomic E-state index is 5.82.